The number of furan rings is 1. The van der Waals surface area contributed by atoms with E-state index in [0.717, 1.165) is 0 Å². The molecule has 0 fully saturated rings. The minimum absolute atomic E-state index is 0.0457. The van der Waals surface area contributed by atoms with Crippen molar-refractivity contribution in [3.8, 4) is 11.8 Å². The van der Waals surface area contributed by atoms with Gasteiger partial charge in [0.25, 0.3) is 0 Å². The van der Waals surface area contributed by atoms with Gasteiger partial charge in [0.15, 0.2) is 6.61 Å². The van der Waals surface area contributed by atoms with Gasteiger partial charge in [-0.2, -0.15) is 5.26 Å². The topological polar surface area (TPSA) is 72.5 Å². The Labute approximate surface area is 104 Å². The molecule has 0 bridgehead atoms. The number of carbonyl (C=O) groups is 1. The molecular formula is C13H11NO4. The molecule has 2 aromatic rings. The molecular weight excluding hydrogens is 234 g/mol. The summed E-state index contributed by atoms with van der Waals surface area (Å²) in [4.78, 5) is 11.7. The second-order valence-electron chi connectivity index (χ2n) is 3.63. The van der Waals surface area contributed by atoms with Gasteiger partial charge in [-0.05, 0) is 25.1 Å². The van der Waals surface area contributed by atoms with Crippen molar-refractivity contribution in [3.05, 3.63) is 29.5 Å². The lowest BCUT2D eigenvalue weighted by Gasteiger charge is -2.01. The van der Waals surface area contributed by atoms with Crippen LogP contribution in [0.2, 0.25) is 0 Å². The molecule has 92 valence electrons. The molecule has 0 radical (unpaired) electrons. The molecule has 2 rings (SSSR count). The summed E-state index contributed by atoms with van der Waals surface area (Å²) in [5.74, 6) is 0.549. The Hall–Kier alpha value is -2.48. The van der Waals surface area contributed by atoms with Gasteiger partial charge in [-0.25, -0.2) is 4.79 Å². The van der Waals surface area contributed by atoms with Crippen LogP contribution in [0.1, 0.15) is 16.1 Å². The lowest BCUT2D eigenvalue weighted by Crippen LogP contribution is -2.01. The van der Waals surface area contributed by atoms with Crippen molar-refractivity contribution in [2.45, 2.75) is 6.92 Å². The van der Waals surface area contributed by atoms with E-state index in [2.05, 4.69) is 0 Å². The number of esters is 1. The fourth-order valence-corrected chi connectivity index (χ4v) is 1.76. The number of hydrogen-bond acceptors (Lipinski definition) is 5. The van der Waals surface area contributed by atoms with E-state index >= 15 is 0 Å². The van der Waals surface area contributed by atoms with Gasteiger partial charge >= 0.3 is 5.97 Å². The van der Waals surface area contributed by atoms with Crippen molar-refractivity contribution < 1.29 is 18.7 Å². The van der Waals surface area contributed by atoms with E-state index in [1.54, 1.807) is 25.1 Å². The standard InChI is InChI=1S/C13H11NO4/c1-8-12(13(15)16-2)10-7-9(17-6-5-14)3-4-11(10)18-8/h3-4,7H,6H2,1-2H3. The fraction of sp³-hybridized carbons (Fsp3) is 0.231. The molecule has 1 heterocycles. The maximum atomic E-state index is 11.7. The number of aryl methyl sites for hydroxylation is 1. The number of nitrogens with zero attached hydrogens (tertiary/aromatic N) is 1. The first-order valence-electron chi connectivity index (χ1n) is 5.28. The molecule has 1 aromatic carbocycles. The lowest BCUT2D eigenvalue weighted by atomic mass is 10.1. The predicted octanol–water partition coefficient (Wildman–Crippen LogP) is 2.43. The summed E-state index contributed by atoms with van der Waals surface area (Å²) >= 11 is 0. The summed E-state index contributed by atoms with van der Waals surface area (Å²) in [7, 11) is 1.32. The first kappa shape index (κ1) is 12.0. The summed E-state index contributed by atoms with van der Waals surface area (Å²) < 4.78 is 15.4. The number of ether oxygens (including phenoxy) is 2. The number of methoxy groups -OCH3 is 1. The highest BCUT2D eigenvalue weighted by Crippen LogP contribution is 2.29. The van der Waals surface area contributed by atoms with Crippen molar-refractivity contribution in [1.82, 2.24) is 0 Å². The van der Waals surface area contributed by atoms with Crippen LogP contribution in [0.5, 0.6) is 5.75 Å². The second kappa shape index (κ2) is 4.80. The van der Waals surface area contributed by atoms with E-state index in [-0.39, 0.29) is 6.61 Å². The molecule has 0 unspecified atom stereocenters. The Morgan fingerprint density at radius 1 is 1.50 bits per heavy atom. The zero-order valence-electron chi connectivity index (χ0n) is 10.0. The van der Waals surface area contributed by atoms with Crippen molar-refractivity contribution >= 4 is 16.9 Å². The largest absolute Gasteiger partial charge is 0.479 e. The summed E-state index contributed by atoms with van der Waals surface area (Å²) in [6.07, 6.45) is 0. The number of rotatable bonds is 3. The molecule has 5 nitrogen and oxygen atoms in total. The van der Waals surface area contributed by atoms with Crippen LogP contribution in [-0.4, -0.2) is 19.7 Å². The van der Waals surface area contributed by atoms with Crippen LogP contribution in [0, 0.1) is 18.3 Å². The maximum Gasteiger partial charge on any atom is 0.342 e. The normalized spacial score (nSPS) is 10.1. The first-order chi connectivity index (χ1) is 8.67. The van der Waals surface area contributed by atoms with E-state index in [0.29, 0.717) is 28.0 Å². The second-order valence-corrected chi connectivity index (χ2v) is 3.63. The molecule has 0 saturated heterocycles. The number of hydrogen-bond donors (Lipinski definition) is 0. The number of fused-ring (bicyclic) bond motifs is 1. The van der Waals surface area contributed by atoms with Gasteiger partial charge in [0, 0.05) is 5.39 Å². The highest BCUT2D eigenvalue weighted by Gasteiger charge is 2.19. The molecule has 0 amide bonds. The molecule has 0 atom stereocenters. The molecule has 0 saturated carbocycles. The Balaban J connectivity index is 2.53. The van der Waals surface area contributed by atoms with E-state index in [9.17, 15) is 4.79 Å². The van der Waals surface area contributed by atoms with Crippen LogP contribution in [0.4, 0.5) is 0 Å². The zero-order valence-corrected chi connectivity index (χ0v) is 10.0. The summed E-state index contributed by atoms with van der Waals surface area (Å²) in [6, 6.07) is 6.92. The van der Waals surface area contributed by atoms with Gasteiger partial charge < -0.3 is 13.9 Å². The van der Waals surface area contributed by atoms with Crippen molar-refractivity contribution in [3.63, 3.8) is 0 Å². The van der Waals surface area contributed by atoms with Crippen LogP contribution < -0.4 is 4.74 Å². The summed E-state index contributed by atoms with van der Waals surface area (Å²) in [5.41, 5.74) is 0.965. The van der Waals surface area contributed by atoms with Crippen LogP contribution >= 0.6 is 0 Å². The molecule has 18 heavy (non-hydrogen) atoms. The fourth-order valence-electron chi connectivity index (χ4n) is 1.76. The third kappa shape index (κ3) is 2.00. The Bertz CT molecular complexity index is 636. The van der Waals surface area contributed by atoms with Crippen molar-refractivity contribution in [2.24, 2.45) is 0 Å². The highest BCUT2D eigenvalue weighted by atomic mass is 16.5. The first-order valence-corrected chi connectivity index (χ1v) is 5.28. The monoisotopic (exact) mass is 245 g/mol. The summed E-state index contributed by atoms with van der Waals surface area (Å²) in [5, 5.41) is 9.08. The minimum Gasteiger partial charge on any atom is -0.479 e. The predicted molar refractivity (Wildman–Crippen MR) is 63.4 cm³/mol. The molecule has 0 spiro atoms. The SMILES string of the molecule is COC(=O)c1c(C)oc2ccc(OCC#N)cc12. The van der Waals surface area contributed by atoms with Crippen LogP contribution in [0.3, 0.4) is 0 Å². The van der Waals surface area contributed by atoms with E-state index in [1.807, 2.05) is 6.07 Å². The Morgan fingerprint density at radius 2 is 2.28 bits per heavy atom. The number of carbonyl (C=O) groups excluding carboxylic acids is 1. The molecule has 0 aliphatic rings. The highest BCUT2D eigenvalue weighted by molar-refractivity contribution is 6.04. The number of nitriles is 1. The van der Waals surface area contributed by atoms with E-state index in [4.69, 9.17) is 19.2 Å². The van der Waals surface area contributed by atoms with Gasteiger partial charge in [0.2, 0.25) is 0 Å². The third-order valence-electron chi connectivity index (χ3n) is 2.53. The lowest BCUT2D eigenvalue weighted by molar-refractivity contribution is 0.0601. The number of benzene rings is 1. The quantitative estimate of drug-likeness (QED) is 0.776. The average Bonchev–Trinajstić information content (AvgIpc) is 2.70. The van der Waals surface area contributed by atoms with Crippen LogP contribution in [0.15, 0.2) is 22.6 Å². The summed E-state index contributed by atoms with van der Waals surface area (Å²) in [6.45, 7) is 1.65. The molecule has 0 aliphatic carbocycles. The molecule has 1 aromatic heterocycles. The third-order valence-corrected chi connectivity index (χ3v) is 2.53. The van der Waals surface area contributed by atoms with Gasteiger partial charge in [-0.3, -0.25) is 0 Å². The average molecular weight is 245 g/mol. The van der Waals surface area contributed by atoms with Gasteiger partial charge in [0.1, 0.15) is 28.7 Å². The van der Waals surface area contributed by atoms with E-state index in [1.165, 1.54) is 7.11 Å². The molecule has 5 heteroatoms. The Morgan fingerprint density at radius 3 is 2.94 bits per heavy atom. The van der Waals surface area contributed by atoms with Crippen molar-refractivity contribution in [1.29, 1.82) is 5.26 Å². The zero-order chi connectivity index (χ0) is 13.1. The molecule has 0 aliphatic heterocycles. The smallest absolute Gasteiger partial charge is 0.342 e. The van der Waals surface area contributed by atoms with E-state index < -0.39 is 5.97 Å². The minimum atomic E-state index is -0.455. The van der Waals surface area contributed by atoms with Crippen LogP contribution in [-0.2, 0) is 4.74 Å². The maximum absolute atomic E-state index is 11.7. The Kier molecular flexibility index (Phi) is 3.20. The van der Waals surface area contributed by atoms with Crippen LogP contribution in [0.25, 0.3) is 11.0 Å². The van der Waals surface area contributed by atoms with Gasteiger partial charge in [-0.1, -0.05) is 0 Å². The van der Waals surface area contributed by atoms with Gasteiger partial charge in [-0.15, -0.1) is 0 Å². The van der Waals surface area contributed by atoms with Crippen molar-refractivity contribution in [2.75, 3.05) is 13.7 Å². The van der Waals surface area contributed by atoms with Gasteiger partial charge in [0.05, 0.1) is 7.11 Å². The molecule has 0 N–H and O–H groups in total.